The van der Waals surface area contributed by atoms with E-state index in [1.54, 1.807) is 0 Å². The van der Waals surface area contributed by atoms with Crippen LogP contribution in [0, 0.1) is 5.92 Å². The highest BCUT2D eigenvalue weighted by atomic mass is 16.5. The maximum absolute atomic E-state index is 5.51. The molecule has 72 valence electrons. The summed E-state index contributed by atoms with van der Waals surface area (Å²) in [5.74, 6) is 1.06. The second-order valence-electron chi connectivity index (χ2n) is 3.16. The van der Waals surface area contributed by atoms with E-state index in [2.05, 4.69) is 10.2 Å². The molecule has 1 fully saturated rings. The van der Waals surface area contributed by atoms with Crippen LogP contribution in [0.2, 0.25) is 0 Å². The Morgan fingerprint density at radius 1 is 1.69 bits per heavy atom. The second-order valence-corrected chi connectivity index (χ2v) is 3.16. The van der Waals surface area contributed by atoms with Gasteiger partial charge < -0.3 is 13.9 Å². The van der Waals surface area contributed by atoms with Gasteiger partial charge in [0.2, 0.25) is 12.3 Å². The van der Waals surface area contributed by atoms with Crippen LogP contribution in [0.3, 0.4) is 0 Å². The van der Waals surface area contributed by atoms with Gasteiger partial charge in [0.15, 0.2) is 0 Å². The van der Waals surface area contributed by atoms with Gasteiger partial charge in [0.05, 0.1) is 19.8 Å². The van der Waals surface area contributed by atoms with Crippen LogP contribution in [0.25, 0.3) is 0 Å². The summed E-state index contributed by atoms with van der Waals surface area (Å²) in [5, 5.41) is 7.35. The Morgan fingerprint density at radius 3 is 3.08 bits per heavy atom. The molecule has 1 aromatic heterocycles. The quantitative estimate of drug-likeness (QED) is 0.692. The van der Waals surface area contributed by atoms with Crippen molar-refractivity contribution < 1.29 is 13.9 Å². The molecular formula is C8H12N2O3. The van der Waals surface area contributed by atoms with E-state index < -0.39 is 0 Å². The fourth-order valence-corrected chi connectivity index (χ4v) is 1.09. The van der Waals surface area contributed by atoms with Crippen molar-refractivity contribution in [2.45, 2.75) is 13.0 Å². The molecule has 0 saturated carbocycles. The van der Waals surface area contributed by atoms with Crippen LogP contribution in [0.4, 0.5) is 0 Å². The first-order valence-corrected chi connectivity index (χ1v) is 4.31. The lowest BCUT2D eigenvalue weighted by Gasteiger charge is -2.26. The monoisotopic (exact) mass is 184 g/mol. The van der Waals surface area contributed by atoms with Crippen LogP contribution in [0.1, 0.15) is 18.9 Å². The summed E-state index contributed by atoms with van der Waals surface area (Å²) in [6, 6.07) is 0. The van der Waals surface area contributed by atoms with Gasteiger partial charge in [0.1, 0.15) is 6.10 Å². The molecule has 0 spiro atoms. The third kappa shape index (κ3) is 2.05. The smallest absolute Gasteiger partial charge is 0.244 e. The van der Waals surface area contributed by atoms with Crippen molar-refractivity contribution in [3.63, 3.8) is 0 Å². The SMILES string of the molecule is CC(OCC1COC1)c1nnco1. The molecule has 1 aromatic rings. The topological polar surface area (TPSA) is 57.4 Å². The van der Waals surface area contributed by atoms with Gasteiger partial charge >= 0.3 is 0 Å². The zero-order valence-corrected chi connectivity index (χ0v) is 7.47. The van der Waals surface area contributed by atoms with E-state index in [4.69, 9.17) is 13.9 Å². The fraction of sp³-hybridized carbons (Fsp3) is 0.750. The number of nitrogens with zero attached hydrogens (tertiary/aromatic N) is 2. The zero-order valence-electron chi connectivity index (χ0n) is 7.47. The third-order valence-electron chi connectivity index (χ3n) is 2.01. The molecule has 0 bridgehead atoms. The molecule has 0 aliphatic carbocycles. The Kier molecular flexibility index (Phi) is 2.56. The predicted octanol–water partition coefficient (Wildman–Crippen LogP) is 0.794. The van der Waals surface area contributed by atoms with Crippen LogP contribution < -0.4 is 0 Å². The number of hydrogen-bond acceptors (Lipinski definition) is 5. The van der Waals surface area contributed by atoms with Gasteiger partial charge in [-0.3, -0.25) is 0 Å². The molecule has 1 unspecified atom stereocenters. The minimum absolute atomic E-state index is 0.122. The molecule has 2 rings (SSSR count). The lowest BCUT2D eigenvalue weighted by molar-refractivity contribution is -0.0885. The normalized spacial score (nSPS) is 19.8. The van der Waals surface area contributed by atoms with E-state index in [1.165, 1.54) is 6.39 Å². The highest BCUT2D eigenvalue weighted by Crippen LogP contribution is 2.17. The standard InChI is InChI=1S/C8H12N2O3/c1-6(8-10-9-5-13-8)12-4-7-2-11-3-7/h5-7H,2-4H2,1H3. The average Bonchev–Trinajstić information content (AvgIpc) is 2.52. The lowest BCUT2D eigenvalue weighted by atomic mass is 10.1. The number of rotatable bonds is 4. The van der Waals surface area contributed by atoms with Gasteiger partial charge in [-0.05, 0) is 6.92 Å². The van der Waals surface area contributed by atoms with Gasteiger partial charge in [0, 0.05) is 5.92 Å². The van der Waals surface area contributed by atoms with Crippen molar-refractivity contribution in [2.75, 3.05) is 19.8 Å². The molecule has 1 aliphatic heterocycles. The van der Waals surface area contributed by atoms with E-state index >= 15 is 0 Å². The predicted molar refractivity (Wildman–Crippen MR) is 43.0 cm³/mol. The van der Waals surface area contributed by atoms with Crippen molar-refractivity contribution in [1.82, 2.24) is 10.2 Å². The first-order chi connectivity index (χ1) is 6.36. The first kappa shape index (κ1) is 8.65. The van der Waals surface area contributed by atoms with Crippen molar-refractivity contribution in [2.24, 2.45) is 5.92 Å². The lowest BCUT2D eigenvalue weighted by Crippen LogP contribution is -2.31. The van der Waals surface area contributed by atoms with Crippen molar-refractivity contribution in [3.05, 3.63) is 12.3 Å². The van der Waals surface area contributed by atoms with Gasteiger partial charge in [-0.15, -0.1) is 10.2 Å². The number of hydrogen-bond donors (Lipinski definition) is 0. The Balaban J connectivity index is 1.74. The minimum atomic E-state index is -0.122. The van der Waals surface area contributed by atoms with Crippen LogP contribution in [-0.4, -0.2) is 30.0 Å². The molecular weight excluding hydrogens is 172 g/mol. The van der Waals surface area contributed by atoms with Crippen LogP contribution in [-0.2, 0) is 9.47 Å². The largest absolute Gasteiger partial charge is 0.425 e. The highest BCUT2D eigenvalue weighted by Gasteiger charge is 2.21. The second kappa shape index (κ2) is 3.85. The zero-order chi connectivity index (χ0) is 9.10. The molecule has 13 heavy (non-hydrogen) atoms. The van der Waals surface area contributed by atoms with E-state index in [0.717, 1.165) is 13.2 Å². The molecule has 1 atom stereocenters. The maximum Gasteiger partial charge on any atom is 0.244 e. The van der Waals surface area contributed by atoms with Crippen molar-refractivity contribution in [3.8, 4) is 0 Å². The van der Waals surface area contributed by atoms with Crippen LogP contribution in [0.5, 0.6) is 0 Å². The molecule has 0 radical (unpaired) electrons. The van der Waals surface area contributed by atoms with Crippen molar-refractivity contribution >= 4 is 0 Å². The molecule has 0 aromatic carbocycles. The summed E-state index contributed by atoms with van der Waals surface area (Å²) >= 11 is 0. The van der Waals surface area contributed by atoms with Crippen LogP contribution >= 0.6 is 0 Å². The third-order valence-corrected chi connectivity index (χ3v) is 2.01. The average molecular weight is 184 g/mol. The summed E-state index contributed by atoms with van der Waals surface area (Å²) < 4.78 is 15.5. The van der Waals surface area contributed by atoms with E-state index in [0.29, 0.717) is 18.4 Å². The number of aromatic nitrogens is 2. The van der Waals surface area contributed by atoms with Gasteiger partial charge in [0.25, 0.3) is 0 Å². The van der Waals surface area contributed by atoms with Gasteiger partial charge in [-0.25, -0.2) is 0 Å². The summed E-state index contributed by atoms with van der Waals surface area (Å²) in [4.78, 5) is 0. The Morgan fingerprint density at radius 2 is 2.54 bits per heavy atom. The summed E-state index contributed by atoms with van der Waals surface area (Å²) in [5.41, 5.74) is 0. The first-order valence-electron chi connectivity index (χ1n) is 4.31. The summed E-state index contributed by atoms with van der Waals surface area (Å²) in [6.45, 7) is 4.20. The Bertz CT molecular complexity index is 246. The van der Waals surface area contributed by atoms with E-state index in [9.17, 15) is 0 Å². The molecule has 5 nitrogen and oxygen atoms in total. The Labute approximate surface area is 76.0 Å². The molecule has 0 amide bonds. The minimum Gasteiger partial charge on any atom is -0.425 e. The highest BCUT2D eigenvalue weighted by molar-refractivity contribution is 4.78. The summed E-state index contributed by atoms with van der Waals surface area (Å²) in [6.07, 6.45) is 1.19. The molecule has 1 saturated heterocycles. The summed E-state index contributed by atoms with van der Waals surface area (Å²) in [7, 11) is 0. The molecule has 2 heterocycles. The molecule has 1 aliphatic rings. The van der Waals surface area contributed by atoms with Crippen LogP contribution in [0.15, 0.2) is 10.8 Å². The van der Waals surface area contributed by atoms with Gasteiger partial charge in [-0.1, -0.05) is 0 Å². The molecule has 0 N–H and O–H groups in total. The van der Waals surface area contributed by atoms with E-state index in [-0.39, 0.29) is 6.10 Å². The van der Waals surface area contributed by atoms with Gasteiger partial charge in [-0.2, -0.15) is 0 Å². The Hall–Kier alpha value is -0.940. The maximum atomic E-state index is 5.51. The molecule has 5 heteroatoms. The fourth-order valence-electron chi connectivity index (χ4n) is 1.09. The number of ether oxygens (including phenoxy) is 2. The van der Waals surface area contributed by atoms with Crippen molar-refractivity contribution in [1.29, 1.82) is 0 Å². The van der Waals surface area contributed by atoms with E-state index in [1.807, 2.05) is 6.92 Å².